The minimum Gasteiger partial charge on any atom is -0.492 e. The Labute approximate surface area is 354 Å². The predicted octanol–water partition coefficient (Wildman–Crippen LogP) is 17.2. The molecule has 1 aliphatic carbocycles. The number of rotatable bonds is 32. The molecule has 0 saturated heterocycles. The first kappa shape index (κ1) is 45.7. The first-order valence-corrected chi connectivity index (χ1v) is 24.3. The van der Waals surface area contributed by atoms with Gasteiger partial charge in [0, 0.05) is 43.8 Å². The molecule has 4 aromatic carbocycles. The van der Waals surface area contributed by atoms with E-state index in [1.807, 2.05) is 0 Å². The Morgan fingerprint density at radius 1 is 0.293 bits per heavy atom. The van der Waals surface area contributed by atoms with Crippen LogP contribution >= 0.6 is 0 Å². The Balaban J connectivity index is 1.61. The zero-order valence-corrected chi connectivity index (χ0v) is 37.9. The van der Waals surface area contributed by atoms with Gasteiger partial charge in [-0.15, -0.1) is 0 Å². The number of unbranched alkanes of at least 4 members (excludes halogenated alkanes) is 20. The average Bonchev–Trinajstić information content (AvgIpc) is 3.22. The number of ether oxygens (including phenoxy) is 4. The standard InChI is InChI=1S/C54H80O4/c1-7-11-15-19-23-27-35-55-51-43-33-31-41(5)39-45(43)53(57-37-29-25-21-17-13-9-3)49-47(51)50-48(49)52(56-36-28-24-20-16-12-8-2)44-34-32-42(6)40-46(44)54(50)58-38-30-26-22-18-14-10-4/h31-34,39-40H,7-30,35-38H2,1-6H3. The molecule has 0 amide bonds. The van der Waals surface area contributed by atoms with Gasteiger partial charge < -0.3 is 18.9 Å². The van der Waals surface area contributed by atoms with E-state index < -0.39 is 0 Å². The van der Waals surface area contributed by atoms with Crippen molar-refractivity contribution in [2.24, 2.45) is 0 Å². The maximum Gasteiger partial charge on any atom is 0.136 e. The van der Waals surface area contributed by atoms with Crippen LogP contribution in [0.25, 0.3) is 43.8 Å². The van der Waals surface area contributed by atoms with Gasteiger partial charge in [0.25, 0.3) is 0 Å². The van der Waals surface area contributed by atoms with E-state index in [4.69, 9.17) is 18.9 Å². The molecular formula is C54H80O4. The lowest BCUT2D eigenvalue weighted by molar-refractivity contribution is 0.296. The molecule has 0 atom stereocenters. The van der Waals surface area contributed by atoms with E-state index in [9.17, 15) is 0 Å². The third kappa shape index (κ3) is 12.3. The first-order chi connectivity index (χ1) is 28.5. The van der Waals surface area contributed by atoms with Gasteiger partial charge in [0.15, 0.2) is 0 Å². The molecule has 0 heterocycles. The number of benzene rings is 4. The first-order valence-electron chi connectivity index (χ1n) is 24.3. The summed E-state index contributed by atoms with van der Waals surface area (Å²) in [4.78, 5) is 0. The smallest absolute Gasteiger partial charge is 0.136 e. The number of aryl methyl sites for hydroxylation is 2. The fourth-order valence-electron chi connectivity index (χ4n) is 8.80. The summed E-state index contributed by atoms with van der Waals surface area (Å²) in [7, 11) is 0. The van der Waals surface area contributed by atoms with Crippen molar-refractivity contribution in [2.75, 3.05) is 26.4 Å². The molecule has 320 valence electrons. The Hall–Kier alpha value is -3.40. The summed E-state index contributed by atoms with van der Waals surface area (Å²) in [5.74, 6) is 3.94. The van der Waals surface area contributed by atoms with Gasteiger partial charge in [-0.3, -0.25) is 0 Å². The molecule has 4 nitrogen and oxygen atoms in total. The van der Waals surface area contributed by atoms with Crippen LogP contribution in [0.2, 0.25) is 0 Å². The molecule has 0 aliphatic heterocycles. The van der Waals surface area contributed by atoms with Gasteiger partial charge >= 0.3 is 0 Å². The molecule has 0 bridgehead atoms. The fraction of sp³-hybridized carbons (Fsp3) is 0.630. The molecule has 1 aliphatic rings. The van der Waals surface area contributed by atoms with Gasteiger partial charge in [-0.2, -0.15) is 0 Å². The van der Waals surface area contributed by atoms with Gasteiger partial charge in [-0.1, -0.05) is 192 Å². The summed E-state index contributed by atoms with van der Waals surface area (Å²) < 4.78 is 28.1. The van der Waals surface area contributed by atoms with Crippen molar-refractivity contribution < 1.29 is 18.9 Å². The predicted molar refractivity (Wildman–Crippen MR) is 251 cm³/mol. The summed E-state index contributed by atoms with van der Waals surface area (Å²) in [5.41, 5.74) is 7.08. The van der Waals surface area contributed by atoms with Crippen molar-refractivity contribution >= 4 is 21.5 Å². The van der Waals surface area contributed by atoms with Crippen LogP contribution < -0.4 is 18.9 Å². The quantitative estimate of drug-likeness (QED) is 0.0407. The molecule has 0 fully saturated rings. The summed E-state index contributed by atoms with van der Waals surface area (Å²) in [6, 6.07) is 13.7. The summed E-state index contributed by atoms with van der Waals surface area (Å²) >= 11 is 0. The lowest BCUT2D eigenvalue weighted by atomic mass is 9.74. The SMILES string of the molecule is CCCCCCCCOc1c2c(c(OCCCCCCCC)c3cc(C)ccc13)-c1c-2c(OCCCCCCCC)c2cc(C)ccc2c1OCCCCCCCC. The molecule has 4 aromatic rings. The van der Waals surface area contributed by atoms with Crippen LogP contribution in [0, 0.1) is 13.8 Å². The van der Waals surface area contributed by atoms with E-state index in [0.717, 1.165) is 92.5 Å². The van der Waals surface area contributed by atoms with Crippen molar-refractivity contribution in [2.45, 2.75) is 196 Å². The average molecular weight is 793 g/mol. The Bertz CT molecular complexity index is 1670. The fourth-order valence-corrected chi connectivity index (χ4v) is 8.80. The molecule has 0 spiro atoms. The van der Waals surface area contributed by atoms with Crippen LogP contribution in [0.1, 0.15) is 193 Å². The number of hydrogen-bond donors (Lipinski definition) is 0. The minimum atomic E-state index is 0.705. The Morgan fingerprint density at radius 2 is 0.534 bits per heavy atom. The monoisotopic (exact) mass is 793 g/mol. The molecular weight excluding hydrogens is 713 g/mol. The van der Waals surface area contributed by atoms with Gasteiger partial charge in [-0.05, 0) is 51.7 Å². The molecule has 0 N–H and O–H groups in total. The van der Waals surface area contributed by atoms with Crippen LogP contribution in [0.5, 0.6) is 23.0 Å². The van der Waals surface area contributed by atoms with Crippen molar-refractivity contribution in [1.82, 2.24) is 0 Å². The number of hydrogen-bond acceptors (Lipinski definition) is 4. The molecule has 58 heavy (non-hydrogen) atoms. The lowest BCUT2D eigenvalue weighted by Gasteiger charge is -2.35. The van der Waals surface area contributed by atoms with Crippen molar-refractivity contribution in [3.63, 3.8) is 0 Å². The topological polar surface area (TPSA) is 36.9 Å². The zero-order chi connectivity index (χ0) is 41.0. The van der Waals surface area contributed by atoms with E-state index in [2.05, 4.69) is 77.9 Å². The lowest BCUT2D eigenvalue weighted by Crippen LogP contribution is -2.14. The highest BCUT2D eigenvalue weighted by Gasteiger charge is 2.40. The summed E-state index contributed by atoms with van der Waals surface area (Å²) in [6.45, 7) is 16.4. The van der Waals surface area contributed by atoms with Crippen LogP contribution in [-0.2, 0) is 0 Å². The van der Waals surface area contributed by atoms with Crippen LogP contribution in [-0.4, -0.2) is 26.4 Å². The summed E-state index contributed by atoms with van der Waals surface area (Å²) in [5, 5.41) is 4.57. The number of fused-ring (bicyclic) bond motifs is 6. The molecule has 5 rings (SSSR count). The van der Waals surface area contributed by atoms with E-state index >= 15 is 0 Å². The maximum absolute atomic E-state index is 7.04. The molecule has 0 saturated carbocycles. The molecule has 0 radical (unpaired) electrons. The van der Waals surface area contributed by atoms with Gasteiger partial charge in [-0.25, -0.2) is 0 Å². The second-order valence-electron chi connectivity index (χ2n) is 17.4. The molecule has 0 unspecified atom stereocenters. The zero-order valence-electron chi connectivity index (χ0n) is 37.9. The van der Waals surface area contributed by atoms with Crippen molar-refractivity contribution in [3.8, 4) is 45.3 Å². The highest BCUT2D eigenvalue weighted by atomic mass is 16.5. The van der Waals surface area contributed by atoms with E-state index in [1.54, 1.807) is 0 Å². The highest BCUT2D eigenvalue weighted by molar-refractivity contribution is 6.24. The third-order valence-corrected chi connectivity index (χ3v) is 12.2. The molecule has 0 aromatic heterocycles. The van der Waals surface area contributed by atoms with Crippen molar-refractivity contribution in [1.29, 1.82) is 0 Å². The van der Waals surface area contributed by atoms with E-state index in [1.165, 1.54) is 140 Å². The van der Waals surface area contributed by atoms with Gasteiger partial charge in [0.1, 0.15) is 23.0 Å². The van der Waals surface area contributed by atoms with Crippen molar-refractivity contribution in [3.05, 3.63) is 47.5 Å². The minimum absolute atomic E-state index is 0.705. The molecule has 4 heteroatoms. The Morgan fingerprint density at radius 3 is 0.810 bits per heavy atom. The largest absolute Gasteiger partial charge is 0.492 e. The van der Waals surface area contributed by atoms with E-state index in [-0.39, 0.29) is 0 Å². The third-order valence-electron chi connectivity index (χ3n) is 12.2. The maximum atomic E-state index is 7.04. The van der Waals surface area contributed by atoms with Crippen LogP contribution in [0.4, 0.5) is 0 Å². The van der Waals surface area contributed by atoms with E-state index in [0.29, 0.717) is 26.4 Å². The summed E-state index contributed by atoms with van der Waals surface area (Å²) in [6.07, 6.45) is 29.6. The normalized spacial score (nSPS) is 11.8. The van der Waals surface area contributed by atoms with Crippen LogP contribution in [0.3, 0.4) is 0 Å². The second kappa shape index (κ2) is 25.3. The van der Waals surface area contributed by atoms with Gasteiger partial charge in [0.2, 0.25) is 0 Å². The second-order valence-corrected chi connectivity index (χ2v) is 17.4. The van der Waals surface area contributed by atoms with Crippen LogP contribution in [0.15, 0.2) is 36.4 Å². The Kier molecular flexibility index (Phi) is 19.9. The van der Waals surface area contributed by atoms with Gasteiger partial charge in [0.05, 0.1) is 26.4 Å². The highest BCUT2D eigenvalue weighted by Crippen LogP contribution is 2.67.